The Morgan fingerprint density at radius 2 is 2.17 bits per heavy atom. The predicted octanol–water partition coefficient (Wildman–Crippen LogP) is 3.56. The van der Waals surface area contributed by atoms with Crippen molar-refractivity contribution in [2.24, 2.45) is 0 Å². The van der Waals surface area contributed by atoms with Gasteiger partial charge in [0.1, 0.15) is 5.82 Å². The number of hydrogen-bond donors (Lipinski definition) is 2. The van der Waals surface area contributed by atoms with Gasteiger partial charge in [-0.05, 0) is 36.1 Å². The van der Waals surface area contributed by atoms with E-state index >= 15 is 0 Å². The molecule has 2 N–H and O–H groups in total. The molecule has 0 radical (unpaired) electrons. The molecule has 2 amide bonds. The van der Waals surface area contributed by atoms with E-state index in [2.05, 4.69) is 15.6 Å². The number of anilines is 2. The number of alkyl halides is 3. The van der Waals surface area contributed by atoms with Gasteiger partial charge in [0.15, 0.2) is 0 Å². The zero-order valence-electron chi connectivity index (χ0n) is 12.5. The van der Waals surface area contributed by atoms with E-state index in [1.807, 2.05) is 16.3 Å². The van der Waals surface area contributed by atoms with Crippen LogP contribution in [0.3, 0.4) is 0 Å². The van der Waals surface area contributed by atoms with Gasteiger partial charge in [0, 0.05) is 25.3 Å². The van der Waals surface area contributed by atoms with Gasteiger partial charge in [-0.2, -0.15) is 13.2 Å². The molecule has 3 rings (SSSR count). The first-order valence-corrected chi connectivity index (χ1v) is 8.19. The van der Waals surface area contributed by atoms with E-state index in [-0.39, 0.29) is 12.1 Å². The van der Waals surface area contributed by atoms with Gasteiger partial charge in [-0.3, -0.25) is 5.32 Å². The molecule has 0 saturated carbocycles. The van der Waals surface area contributed by atoms with Gasteiger partial charge in [-0.1, -0.05) is 0 Å². The molecule has 1 atom stereocenters. The Bertz CT molecular complexity index is 688. The van der Waals surface area contributed by atoms with Crippen molar-refractivity contribution in [3.05, 3.63) is 41.4 Å². The minimum atomic E-state index is -4.39. The Morgan fingerprint density at radius 3 is 2.79 bits per heavy atom. The van der Waals surface area contributed by atoms with Crippen molar-refractivity contribution in [2.75, 3.05) is 23.3 Å². The first-order chi connectivity index (χ1) is 11.4. The van der Waals surface area contributed by atoms with E-state index < -0.39 is 11.7 Å². The quantitative estimate of drug-likeness (QED) is 0.884. The largest absolute Gasteiger partial charge is 0.417 e. The Hall–Kier alpha value is -2.29. The van der Waals surface area contributed by atoms with E-state index in [1.54, 1.807) is 6.07 Å². The monoisotopic (exact) mass is 356 g/mol. The highest BCUT2D eigenvalue weighted by Crippen LogP contribution is 2.29. The number of nitrogens with zero attached hydrogens (tertiary/aromatic N) is 2. The summed E-state index contributed by atoms with van der Waals surface area (Å²) in [6.07, 6.45) is -2.85. The zero-order chi connectivity index (χ0) is 17.2. The zero-order valence-corrected chi connectivity index (χ0v) is 13.3. The molecule has 2 aromatic heterocycles. The van der Waals surface area contributed by atoms with Gasteiger partial charge in [0.2, 0.25) is 0 Å². The smallest absolute Gasteiger partial charge is 0.354 e. The third-order valence-corrected chi connectivity index (χ3v) is 4.47. The lowest BCUT2D eigenvalue weighted by atomic mass is 10.2. The first kappa shape index (κ1) is 16.6. The predicted molar refractivity (Wildman–Crippen MR) is 86.3 cm³/mol. The van der Waals surface area contributed by atoms with Crippen LogP contribution in [0.1, 0.15) is 12.0 Å². The van der Waals surface area contributed by atoms with Crippen molar-refractivity contribution < 1.29 is 18.0 Å². The highest BCUT2D eigenvalue weighted by Gasteiger charge is 2.31. The molecule has 128 valence electrons. The lowest BCUT2D eigenvalue weighted by Crippen LogP contribution is -2.39. The van der Waals surface area contributed by atoms with Gasteiger partial charge in [-0.15, -0.1) is 11.3 Å². The third-order valence-electron chi connectivity index (χ3n) is 3.68. The number of thiophene rings is 1. The van der Waals surface area contributed by atoms with Crippen LogP contribution in [-0.2, 0) is 6.18 Å². The maximum absolute atomic E-state index is 12.6. The molecule has 1 saturated heterocycles. The average molecular weight is 356 g/mol. The van der Waals surface area contributed by atoms with E-state index in [0.29, 0.717) is 25.3 Å². The highest BCUT2D eigenvalue weighted by atomic mass is 32.1. The Balaban J connectivity index is 1.54. The van der Waals surface area contributed by atoms with Gasteiger partial charge in [-0.25, -0.2) is 9.78 Å². The summed E-state index contributed by atoms with van der Waals surface area (Å²) in [5, 5.41) is 8.22. The van der Waals surface area contributed by atoms with Crippen LogP contribution in [0.2, 0.25) is 0 Å². The van der Waals surface area contributed by atoms with Crippen molar-refractivity contribution in [3.8, 4) is 0 Å². The molecule has 0 aromatic carbocycles. The Morgan fingerprint density at radius 1 is 1.33 bits per heavy atom. The summed E-state index contributed by atoms with van der Waals surface area (Å²) in [6, 6.07) is 5.66. The third kappa shape index (κ3) is 3.97. The van der Waals surface area contributed by atoms with Gasteiger partial charge < -0.3 is 10.2 Å². The minimum absolute atomic E-state index is 0.0749. The molecule has 0 bridgehead atoms. The molecule has 3 heterocycles. The summed E-state index contributed by atoms with van der Waals surface area (Å²) in [4.78, 5) is 17.6. The molecule has 0 unspecified atom stereocenters. The fourth-order valence-electron chi connectivity index (χ4n) is 2.51. The Labute approximate surface area is 140 Å². The lowest BCUT2D eigenvalue weighted by molar-refractivity contribution is -0.137. The second-order valence-corrected chi connectivity index (χ2v) is 6.36. The van der Waals surface area contributed by atoms with E-state index in [9.17, 15) is 18.0 Å². The topological polar surface area (TPSA) is 57.3 Å². The van der Waals surface area contributed by atoms with Crippen molar-refractivity contribution in [1.82, 2.24) is 10.3 Å². The number of nitrogens with one attached hydrogen (secondary N) is 2. The fraction of sp³-hybridized carbons (Fsp3) is 0.333. The van der Waals surface area contributed by atoms with Crippen LogP contribution >= 0.6 is 11.3 Å². The summed E-state index contributed by atoms with van der Waals surface area (Å²) in [7, 11) is 0. The van der Waals surface area contributed by atoms with Crippen LogP contribution in [0.25, 0.3) is 0 Å². The summed E-state index contributed by atoms with van der Waals surface area (Å²) in [5.74, 6) is 0.478. The molecule has 1 aliphatic heterocycles. The average Bonchev–Trinajstić information content (AvgIpc) is 3.18. The van der Waals surface area contributed by atoms with Gasteiger partial charge >= 0.3 is 12.2 Å². The summed E-state index contributed by atoms with van der Waals surface area (Å²) in [6.45, 7) is 1.14. The standard InChI is InChI=1S/C15H15F3N4OS/c16-15(17,18)10-3-4-12(19-8-10)22-6-5-11(9-22)20-14(23)21-13-2-1-7-24-13/h1-4,7-8,11H,5-6,9H2,(H2,20,21,23)/t11-/m0/s1. The summed E-state index contributed by atoms with van der Waals surface area (Å²) in [5.41, 5.74) is -0.768. The molecular formula is C15H15F3N4OS. The van der Waals surface area contributed by atoms with Crippen molar-refractivity contribution in [3.63, 3.8) is 0 Å². The molecule has 24 heavy (non-hydrogen) atoms. The molecule has 2 aromatic rings. The Kier molecular flexibility index (Phi) is 4.61. The molecule has 0 aliphatic carbocycles. The van der Waals surface area contributed by atoms with Crippen molar-refractivity contribution >= 4 is 28.2 Å². The number of hydrogen-bond acceptors (Lipinski definition) is 4. The first-order valence-electron chi connectivity index (χ1n) is 7.31. The lowest BCUT2D eigenvalue weighted by Gasteiger charge is -2.18. The number of carbonyl (C=O) groups is 1. The number of amides is 2. The molecule has 0 spiro atoms. The van der Waals surface area contributed by atoms with E-state index in [4.69, 9.17) is 0 Å². The number of carbonyl (C=O) groups excluding carboxylic acids is 1. The van der Waals surface area contributed by atoms with E-state index in [0.717, 1.165) is 17.3 Å². The highest BCUT2D eigenvalue weighted by molar-refractivity contribution is 7.14. The molecule has 1 fully saturated rings. The second kappa shape index (κ2) is 6.68. The summed E-state index contributed by atoms with van der Waals surface area (Å²) < 4.78 is 37.7. The summed E-state index contributed by atoms with van der Waals surface area (Å²) >= 11 is 1.43. The van der Waals surface area contributed by atoms with Crippen LogP contribution in [0.15, 0.2) is 35.8 Å². The van der Waals surface area contributed by atoms with Crippen LogP contribution in [0.5, 0.6) is 0 Å². The van der Waals surface area contributed by atoms with Crippen molar-refractivity contribution in [2.45, 2.75) is 18.6 Å². The maximum Gasteiger partial charge on any atom is 0.417 e. The van der Waals surface area contributed by atoms with E-state index in [1.165, 1.54) is 17.4 Å². The second-order valence-electron chi connectivity index (χ2n) is 5.41. The minimum Gasteiger partial charge on any atom is -0.354 e. The number of aromatic nitrogens is 1. The normalized spacial score (nSPS) is 17.8. The van der Waals surface area contributed by atoms with Crippen LogP contribution in [0, 0.1) is 0 Å². The molecule has 9 heteroatoms. The fourth-order valence-corrected chi connectivity index (χ4v) is 3.12. The van der Waals surface area contributed by atoms with Gasteiger partial charge in [0.25, 0.3) is 0 Å². The van der Waals surface area contributed by atoms with Crippen LogP contribution in [0.4, 0.5) is 28.8 Å². The molecule has 5 nitrogen and oxygen atoms in total. The molecular weight excluding hydrogens is 341 g/mol. The maximum atomic E-state index is 12.6. The SMILES string of the molecule is O=C(Nc1cccs1)N[C@H]1CCN(c2ccc(C(F)(F)F)cn2)C1. The number of urea groups is 1. The van der Waals surface area contributed by atoms with Crippen molar-refractivity contribution in [1.29, 1.82) is 0 Å². The van der Waals surface area contributed by atoms with Crippen LogP contribution in [-0.4, -0.2) is 30.1 Å². The number of rotatable bonds is 3. The number of pyridine rings is 1. The van der Waals surface area contributed by atoms with Crippen LogP contribution < -0.4 is 15.5 Å². The van der Waals surface area contributed by atoms with Gasteiger partial charge in [0.05, 0.1) is 10.6 Å². The number of halogens is 3. The molecule has 1 aliphatic rings.